The van der Waals surface area contributed by atoms with E-state index in [1.807, 2.05) is 12.1 Å². The summed E-state index contributed by atoms with van der Waals surface area (Å²) >= 11 is 0. The zero-order valence-electron chi connectivity index (χ0n) is 22.2. The molecule has 0 bridgehead atoms. The summed E-state index contributed by atoms with van der Waals surface area (Å²) in [5.41, 5.74) is 5.65. The summed E-state index contributed by atoms with van der Waals surface area (Å²) in [4.78, 5) is 45.0. The van der Waals surface area contributed by atoms with E-state index in [1.54, 1.807) is 6.07 Å². The van der Waals surface area contributed by atoms with Crippen LogP contribution in [0, 0.1) is 0 Å². The van der Waals surface area contributed by atoms with Crippen LogP contribution in [0.1, 0.15) is 63.9 Å². The number of aldehydes is 2. The molecule has 39 heavy (non-hydrogen) atoms. The normalized spacial score (nSPS) is 11.0. The third-order valence-electron chi connectivity index (χ3n) is 6.23. The van der Waals surface area contributed by atoms with Crippen LogP contribution in [0.15, 0.2) is 39.5 Å². The summed E-state index contributed by atoms with van der Waals surface area (Å²) in [6.07, 6.45) is 11.6. The van der Waals surface area contributed by atoms with Crippen molar-refractivity contribution >= 4 is 23.5 Å². The van der Waals surface area contributed by atoms with Crippen molar-refractivity contribution < 1.29 is 33.9 Å². The van der Waals surface area contributed by atoms with E-state index in [0.29, 0.717) is 18.2 Å². The van der Waals surface area contributed by atoms with Gasteiger partial charge in [-0.25, -0.2) is 0 Å². The Kier molecular flexibility index (Phi) is 11.8. The van der Waals surface area contributed by atoms with Crippen molar-refractivity contribution in [1.29, 1.82) is 0 Å². The van der Waals surface area contributed by atoms with Gasteiger partial charge in [0.05, 0.1) is 18.5 Å². The molecular formula is C29H36N2O8. The highest BCUT2D eigenvalue weighted by Crippen LogP contribution is 2.42. The monoisotopic (exact) mass is 540 g/mol. The molecule has 210 valence electrons. The summed E-state index contributed by atoms with van der Waals surface area (Å²) in [6, 6.07) is 7.82. The average Bonchev–Trinajstić information content (AvgIpc) is 2.92. The van der Waals surface area contributed by atoms with Gasteiger partial charge < -0.3 is 33.9 Å². The van der Waals surface area contributed by atoms with Gasteiger partial charge in [0, 0.05) is 5.56 Å². The van der Waals surface area contributed by atoms with Crippen LogP contribution in [0.5, 0.6) is 23.0 Å². The number of hydrogen-bond acceptors (Lipinski definition) is 10. The van der Waals surface area contributed by atoms with Crippen molar-refractivity contribution in [2.24, 2.45) is 0 Å². The second kappa shape index (κ2) is 15.5. The number of carbonyl (C=O) groups excluding carboxylic acids is 2. The number of hydroxylamine groups is 2. The van der Waals surface area contributed by atoms with Gasteiger partial charge >= 0.3 is 0 Å². The van der Waals surface area contributed by atoms with Crippen molar-refractivity contribution in [3.8, 4) is 34.3 Å². The number of carbonyl (C=O) groups is 2. The summed E-state index contributed by atoms with van der Waals surface area (Å²) in [6.45, 7) is 1.87. The zero-order valence-corrected chi connectivity index (χ0v) is 22.2. The van der Waals surface area contributed by atoms with Crippen molar-refractivity contribution in [2.75, 3.05) is 13.1 Å². The Morgan fingerprint density at radius 3 is 2.03 bits per heavy atom. The van der Waals surface area contributed by atoms with Crippen LogP contribution in [-0.4, -0.2) is 35.9 Å². The molecule has 0 saturated carbocycles. The Bertz CT molecular complexity index is 1280. The Labute approximate surface area is 226 Å². The molecule has 0 spiro atoms. The quantitative estimate of drug-likeness (QED) is 0.101. The van der Waals surface area contributed by atoms with Gasteiger partial charge in [0.1, 0.15) is 18.2 Å². The third-order valence-corrected chi connectivity index (χ3v) is 6.23. The lowest BCUT2D eigenvalue weighted by Crippen LogP contribution is -2.24. The molecule has 2 aromatic carbocycles. The second-order valence-electron chi connectivity index (χ2n) is 9.22. The van der Waals surface area contributed by atoms with E-state index in [2.05, 4.69) is 17.9 Å². The first-order chi connectivity index (χ1) is 19.0. The minimum atomic E-state index is -0.491. The number of benzene rings is 2. The van der Waals surface area contributed by atoms with Gasteiger partial charge in [0.2, 0.25) is 16.9 Å². The predicted molar refractivity (Wildman–Crippen MR) is 147 cm³/mol. The van der Waals surface area contributed by atoms with E-state index in [0.717, 1.165) is 24.8 Å². The van der Waals surface area contributed by atoms with Crippen molar-refractivity contribution in [1.82, 2.24) is 11.0 Å². The summed E-state index contributed by atoms with van der Waals surface area (Å²) < 4.78 is 6.08. The number of aryl methyl sites for hydroxylation is 1. The molecule has 0 aliphatic heterocycles. The summed E-state index contributed by atoms with van der Waals surface area (Å²) in [7, 11) is 0. The van der Waals surface area contributed by atoms with Crippen LogP contribution in [-0.2, 0) is 16.0 Å². The molecule has 0 amide bonds. The SMILES string of the molecule is CCCCCCCCCCc1ccc2c(=O)c(ONCC=O)c(-c3cc(O)c(ONCC=O)c(O)c3)oc2c1. The fourth-order valence-electron chi connectivity index (χ4n) is 4.25. The Morgan fingerprint density at radius 2 is 1.41 bits per heavy atom. The number of fused-ring (bicyclic) bond motifs is 1. The maximum Gasteiger partial charge on any atom is 0.238 e. The standard InChI is InChI=1S/C29H36N2O8/c1-2-3-4-5-6-7-8-9-10-20-11-12-22-25(17-20)37-27(29(26(22)36)39-31-14-16-33)21-18-23(34)28(24(35)19-21)38-30-13-15-32/h11-12,15-19,30-31,34-35H,2-10,13-14H2,1H3. The number of unbranched alkanes of at least 4 members (excludes halogenated alkanes) is 7. The number of rotatable bonds is 18. The average molecular weight is 541 g/mol. The van der Waals surface area contributed by atoms with E-state index in [4.69, 9.17) is 14.1 Å². The first-order valence-corrected chi connectivity index (χ1v) is 13.3. The van der Waals surface area contributed by atoms with Crippen LogP contribution in [0.3, 0.4) is 0 Å². The molecule has 10 nitrogen and oxygen atoms in total. The van der Waals surface area contributed by atoms with Crippen molar-refractivity contribution in [2.45, 2.75) is 64.7 Å². The molecule has 1 aromatic heterocycles. The number of phenolic OH excluding ortho intramolecular Hbond substituents is 2. The molecule has 0 radical (unpaired) electrons. The fraction of sp³-hybridized carbons (Fsp3) is 0.414. The summed E-state index contributed by atoms with van der Waals surface area (Å²) in [5, 5.41) is 21.1. The highest BCUT2D eigenvalue weighted by Gasteiger charge is 2.22. The molecular weight excluding hydrogens is 504 g/mol. The van der Waals surface area contributed by atoms with Crippen LogP contribution in [0.2, 0.25) is 0 Å². The van der Waals surface area contributed by atoms with Gasteiger partial charge in [-0.15, -0.1) is 11.0 Å². The van der Waals surface area contributed by atoms with E-state index in [-0.39, 0.29) is 41.3 Å². The first kappa shape index (κ1) is 29.7. The van der Waals surface area contributed by atoms with E-state index < -0.39 is 16.9 Å². The molecule has 4 N–H and O–H groups in total. The number of hydrogen-bond donors (Lipinski definition) is 4. The predicted octanol–water partition coefficient (Wildman–Crippen LogP) is 4.72. The molecule has 0 atom stereocenters. The lowest BCUT2D eigenvalue weighted by Gasteiger charge is -2.14. The smallest absolute Gasteiger partial charge is 0.238 e. The van der Waals surface area contributed by atoms with Crippen LogP contribution in [0.25, 0.3) is 22.3 Å². The molecule has 0 saturated heterocycles. The molecule has 3 aromatic rings. The maximum atomic E-state index is 13.3. The minimum Gasteiger partial charge on any atom is -0.504 e. The van der Waals surface area contributed by atoms with E-state index >= 15 is 0 Å². The van der Waals surface area contributed by atoms with Crippen LogP contribution < -0.4 is 26.1 Å². The lowest BCUT2D eigenvalue weighted by molar-refractivity contribution is -0.109. The molecule has 0 fully saturated rings. The number of nitrogens with one attached hydrogen (secondary N) is 2. The Hall–Kier alpha value is -3.89. The third kappa shape index (κ3) is 8.30. The van der Waals surface area contributed by atoms with Crippen molar-refractivity contribution in [3.05, 3.63) is 46.1 Å². The van der Waals surface area contributed by atoms with Gasteiger partial charge in [-0.05, 0) is 42.7 Å². The van der Waals surface area contributed by atoms with Gasteiger partial charge in [0.15, 0.2) is 17.3 Å². The Balaban J connectivity index is 1.88. The molecule has 3 rings (SSSR count). The van der Waals surface area contributed by atoms with Crippen LogP contribution >= 0.6 is 0 Å². The first-order valence-electron chi connectivity index (χ1n) is 13.3. The highest BCUT2D eigenvalue weighted by atomic mass is 16.7. The molecule has 1 heterocycles. The Morgan fingerprint density at radius 1 is 0.821 bits per heavy atom. The van der Waals surface area contributed by atoms with Crippen molar-refractivity contribution in [3.63, 3.8) is 0 Å². The summed E-state index contributed by atoms with van der Waals surface area (Å²) in [5.74, 6) is -1.56. The molecule has 0 aliphatic rings. The molecule has 0 aliphatic carbocycles. The number of aromatic hydroxyl groups is 2. The van der Waals surface area contributed by atoms with E-state index in [9.17, 15) is 24.6 Å². The maximum absolute atomic E-state index is 13.3. The van der Waals surface area contributed by atoms with Crippen LogP contribution in [0.4, 0.5) is 0 Å². The van der Waals surface area contributed by atoms with Gasteiger partial charge in [-0.1, -0.05) is 57.9 Å². The molecule has 0 unspecified atom stereocenters. The minimum absolute atomic E-state index is 0.0619. The molecule has 10 heteroatoms. The van der Waals surface area contributed by atoms with Gasteiger partial charge in [-0.3, -0.25) is 4.79 Å². The van der Waals surface area contributed by atoms with Gasteiger partial charge in [-0.2, -0.15) is 0 Å². The fourth-order valence-corrected chi connectivity index (χ4v) is 4.25. The lowest BCUT2D eigenvalue weighted by atomic mass is 10.0. The second-order valence-corrected chi connectivity index (χ2v) is 9.22. The van der Waals surface area contributed by atoms with E-state index in [1.165, 1.54) is 50.7 Å². The zero-order chi connectivity index (χ0) is 28.0. The topological polar surface area (TPSA) is 147 Å². The van der Waals surface area contributed by atoms with Gasteiger partial charge in [0.25, 0.3) is 0 Å². The number of phenols is 2. The highest BCUT2D eigenvalue weighted by molar-refractivity contribution is 5.83. The largest absolute Gasteiger partial charge is 0.504 e.